The molecule has 1 fully saturated rings. The summed E-state index contributed by atoms with van der Waals surface area (Å²) in [6, 6.07) is 26.0. The first-order valence-electron chi connectivity index (χ1n) is 14.6. The zero-order chi connectivity index (χ0) is 27.8. The van der Waals surface area contributed by atoms with Crippen molar-refractivity contribution in [1.82, 2.24) is 0 Å². The molecule has 0 spiro atoms. The lowest BCUT2D eigenvalue weighted by molar-refractivity contribution is -0.132. The minimum atomic E-state index is -0.530. The lowest BCUT2D eigenvalue weighted by Gasteiger charge is -2.39. The molecule has 1 unspecified atom stereocenters. The normalized spacial score (nSPS) is 19.8. The van der Waals surface area contributed by atoms with Crippen molar-refractivity contribution in [3.63, 3.8) is 0 Å². The molecule has 0 heterocycles. The average molecular weight is 523 g/mol. The maximum Gasteiger partial charge on any atom is 0.165 e. The summed E-state index contributed by atoms with van der Waals surface area (Å²) in [5, 5.41) is 0. The first-order chi connectivity index (χ1) is 18.8. The number of aryl methyl sites for hydroxylation is 3. The number of hydrogen-bond donors (Lipinski definition) is 0. The predicted molar refractivity (Wildman–Crippen MR) is 158 cm³/mol. The van der Waals surface area contributed by atoms with Crippen LogP contribution in [-0.4, -0.2) is 17.3 Å². The fourth-order valence-electron chi connectivity index (χ4n) is 6.15. The number of hydrogen-bond acceptors (Lipinski definition) is 3. The topological polar surface area (TPSA) is 51.2 Å². The number of Topliss-reactive ketones (excluding diaryl/α,β-unsaturated/α-hetero) is 3. The molecule has 204 valence electrons. The Labute approximate surface area is 234 Å². The molecule has 3 aromatic rings. The van der Waals surface area contributed by atoms with Crippen LogP contribution < -0.4 is 0 Å². The predicted octanol–water partition coefficient (Wildman–Crippen LogP) is 8.27. The standard InChI is InChI=1S/C36H42O3/c1-4-28-14-16-30(17-15-28)27(3)33(37)22-25-36(34(38)19-18-29-11-9-8-10-26(29)2)23-20-32(21-24-36)35(39)31-12-6-5-7-13-31/h5-17,27,32H,4,18-25H2,1-3H3. The van der Waals surface area contributed by atoms with Crippen LogP contribution in [0.2, 0.25) is 0 Å². The number of benzene rings is 3. The third kappa shape index (κ3) is 7.01. The van der Waals surface area contributed by atoms with Gasteiger partial charge in [-0.05, 0) is 74.1 Å². The Morgan fingerprint density at radius 2 is 1.49 bits per heavy atom. The Hall–Kier alpha value is -3.33. The van der Waals surface area contributed by atoms with Crippen LogP contribution >= 0.6 is 0 Å². The molecule has 0 N–H and O–H groups in total. The van der Waals surface area contributed by atoms with Crippen molar-refractivity contribution in [2.45, 2.75) is 84.5 Å². The molecule has 3 aromatic carbocycles. The smallest absolute Gasteiger partial charge is 0.165 e. The minimum absolute atomic E-state index is 0.0589. The fraction of sp³-hybridized carbons (Fsp3) is 0.417. The molecule has 0 radical (unpaired) electrons. The van der Waals surface area contributed by atoms with E-state index in [1.54, 1.807) is 0 Å². The van der Waals surface area contributed by atoms with Gasteiger partial charge < -0.3 is 0 Å². The van der Waals surface area contributed by atoms with Crippen molar-refractivity contribution >= 4 is 17.3 Å². The van der Waals surface area contributed by atoms with E-state index in [1.807, 2.05) is 49.4 Å². The van der Waals surface area contributed by atoms with Gasteiger partial charge in [0.05, 0.1) is 0 Å². The summed E-state index contributed by atoms with van der Waals surface area (Å²) < 4.78 is 0. The van der Waals surface area contributed by atoms with Crippen LogP contribution in [0, 0.1) is 18.3 Å². The summed E-state index contributed by atoms with van der Waals surface area (Å²) in [4.78, 5) is 40.3. The molecule has 3 nitrogen and oxygen atoms in total. The summed E-state index contributed by atoms with van der Waals surface area (Å²) in [7, 11) is 0. The zero-order valence-corrected chi connectivity index (χ0v) is 23.7. The Balaban J connectivity index is 1.46. The molecule has 0 aromatic heterocycles. The Morgan fingerprint density at radius 1 is 0.846 bits per heavy atom. The third-order valence-electron chi connectivity index (χ3n) is 9.07. The highest BCUT2D eigenvalue weighted by atomic mass is 16.1. The first-order valence-corrected chi connectivity index (χ1v) is 14.6. The summed E-state index contributed by atoms with van der Waals surface area (Å²) in [6.45, 7) is 6.19. The second-order valence-electron chi connectivity index (χ2n) is 11.4. The van der Waals surface area contributed by atoms with Gasteiger partial charge in [0.2, 0.25) is 0 Å². The number of carbonyl (C=O) groups is 3. The molecule has 39 heavy (non-hydrogen) atoms. The molecule has 1 saturated carbocycles. The van der Waals surface area contributed by atoms with E-state index in [9.17, 15) is 14.4 Å². The molecule has 0 bridgehead atoms. The van der Waals surface area contributed by atoms with E-state index in [4.69, 9.17) is 0 Å². The van der Waals surface area contributed by atoms with E-state index in [-0.39, 0.29) is 29.2 Å². The summed E-state index contributed by atoms with van der Waals surface area (Å²) >= 11 is 0. The number of carbonyl (C=O) groups excluding carboxylic acids is 3. The second-order valence-corrected chi connectivity index (χ2v) is 11.4. The maximum atomic E-state index is 13.9. The van der Waals surface area contributed by atoms with Gasteiger partial charge >= 0.3 is 0 Å². The Kier molecular flexibility index (Phi) is 9.67. The van der Waals surface area contributed by atoms with E-state index in [1.165, 1.54) is 16.7 Å². The summed E-state index contributed by atoms with van der Waals surface area (Å²) in [5.41, 5.74) is 4.92. The van der Waals surface area contributed by atoms with Gasteiger partial charge in [0, 0.05) is 35.7 Å². The van der Waals surface area contributed by atoms with E-state index in [0.29, 0.717) is 51.4 Å². The minimum Gasteiger partial charge on any atom is -0.299 e. The van der Waals surface area contributed by atoms with Gasteiger partial charge in [0.25, 0.3) is 0 Å². The maximum absolute atomic E-state index is 13.9. The first kappa shape index (κ1) is 28.7. The molecule has 1 aliphatic rings. The highest BCUT2D eigenvalue weighted by Crippen LogP contribution is 2.45. The van der Waals surface area contributed by atoms with E-state index >= 15 is 0 Å². The van der Waals surface area contributed by atoms with Crippen LogP contribution in [-0.2, 0) is 22.4 Å². The molecular weight excluding hydrogens is 480 g/mol. The van der Waals surface area contributed by atoms with Crippen LogP contribution in [0.25, 0.3) is 0 Å². The fourth-order valence-corrected chi connectivity index (χ4v) is 6.15. The van der Waals surface area contributed by atoms with Crippen molar-refractivity contribution in [3.05, 3.63) is 107 Å². The lowest BCUT2D eigenvalue weighted by Crippen LogP contribution is -2.38. The van der Waals surface area contributed by atoms with Crippen LogP contribution in [0.1, 0.15) is 97.3 Å². The summed E-state index contributed by atoms with van der Waals surface area (Å²) in [6.07, 6.45) is 5.89. The van der Waals surface area contributed by atoms with Crippen LogP contribution in [0.4, 0.5) is 0 Å². The molecule has 4 rings (SSSR count). The van der Waals surface area contributed by atoms with Gasteiger partial charge in [-0.1, -0.05) is 92.7 Å². The highest BCUT2D eigenvalue weighted by molar-refractivity contribution is 5.98. The van der Waals surface area contributed by atoms with Gasteiger partial charge in [-0.3, -0.25) is 14.4 Å². The lowest BCUT2D eigenvalue weighted by atomic mass is 9.63. The van der Waals surface area contributed by atoms with Crippen LogP contribution in [0.5, 0.6) is 0 Å². The quantitative estimate of drug-likeness (QED) is 0.225. The average Bonchev–Trinajstić information content (AvgIpc) is 2.99. The highest BCUT2D eigenvalue weighted by Gasteiger charge is 2.42. The van der Waals surface area contributed by atoms with Crippen molar-refractivity contribution in [2.24, 2.45) is 11.3 Å². The van der Waals surface area contributed by atoms with Gasteiger partial charge in [-0.25, -0.2) is 0 Å². The van der Waals surface area contributed by atoms with Gasteiger partial charge in [-0.2, -0.15) is 0 Å². The third-order valence-corrected chi connectivity index (χ3v) is 9.07. The van der Waals surface area contributed by atoms with E-state index in [0.717, 1.165) is 17.5 Å². The number of rotatable bonds is 12. The molecule has 1 aliphatic carbocycles. The van der Waals surface area contributed by atoms with Crippen molar-refractivity contribution in [3.8, 4) is 0 Å². The molecule has 1 atom stereocenters. The second kappa shape index (κ2) is 13.2. The molecule has 0 amide bonds. The van der Waals surface area contributed by atoms with Crippen molar-refractivity contribution in [1.29, 1.82) is 0 Å². The Morgan fingerprint density at radius 3 is 2.13 bits per heavy atom. The monoisotopic (exact) mass is 522 g/mol. The van der Waals surface area contributed by atoms with Gasteiger partial charge in [0.15, 0.2) is 5.78 Å². The van der Waals surface area contributed by atoms with Gasteiger partial charge in [0.1, 0.15) is 11.6 Å². The molecule has 0 saturated heterocycles. The molecule has 3 heteroatoms. The van der Waals surface area contributed by atoms with Crippen molar-refractivity contribution < 1.29 is 14.4 Å². The summed E-state index contributed by atoms with van der Waals surface area (Å²) in [5.74, 6) is 0.371. The van der Waals surface area contributed by atoms with Crippen LogP contribution in [0.15, 0.2) is 78.9 Å². The SMILES string of the molecule is CCc1ccc(C(C)C(=O)CCC2(C(=O)CCc3ccccc3C)CCC(C(=O)c3ccccc3)CC2)cc1. The van der Waals surface area contributed by atoms with Crippen LogP contribution in [0.3, 0.4) is 0 Å². The van der Waals surface area contributed by atoms with E-state index < -0.39 is 5.41 Å². The number of ketones is 3. The van der Waals surface area contributed by atoms with Gasteiger partial charge in [-0.15, -0.1) is 0 Å². The Bertz CT molecular complexity index is 1260. The molecular formula is C36H42O3. The molecule has 0 aliphatic heterocycles. The van der Waals surface area contributed by atoms with Crippen molar-refractivity contribution in [2.75, 3.05) is 0 Å². The van der Waals surface area contributed by atoms with E-state index in [2.05, 4.69) is 50.2 Å². The largest absolute Gasteiger partial charge is 0.299 e. The zero-order valence-electron chi connectivity index (χ0n) is 23.7.